The molecule has 0 spiro atoms. The highest BCUT2D eigenvalue weighted by atomic mass is 79.9. The number of anilines is 1. The Morgan fingerprint density at radius 3 is 2.52 bits per heavy atom. The normalized spacial score (nSPS) is 22.5. The van der Waals surface area contributed by atoms with Gasteiger partial charge in [0.2, 0.25) is 5.91 Å². The second-order valence-corrected chi connectivity index (χ2v) is 9.25. The highest BCUT2D eigenvalue weighted by molar-refractivity contribution is 9.10. The summed E-state index contributed by atoms with van der Waals surface area (Å²) in [4.78, 5) is 29.4. The zero-order valence-electron chi connectivity index (χ0n) is 16.2. The van der Waals surface area contributed by atoms with E-state index in [1.165, 1.54) is 4.90 Å². The van der Waals surface area contributed by atoms with Crippen molar-refractivity contribution in [2.24, 2.45) is 0 Å². The van der Waals surface area contributed by atoms with Gasteiger partial charge in [0.1, 0.15) is 11.8 Å². The van der Waals surface area contributed by atoms with Crippen LogP contribution in [0.2, 0.25) is 0 Å². The summed E-state index contributed by atoms with van der Waals surface area (Å²) in [6.07, 6.45) is 1.15. The van der Waals surface area contributed by atoms with E-state index in [2.05, 4.69) is 33.0 Å². The van der Waals surface area contributed by atoms with Crippen LogP contribution in [0.5, 0.6) is 5.75 Å². The average Bonchev–Trinajstić information content (AvgIpc) is 3.32. The van der Waals surface area contributed by atoms with E-state index >= 15 is 0 Å². The van der Waals surface area contributed by atoms with Crippen molar-refractivity contribution in [3.8, 4) is 5.75 Å². The molecular formula is C22H23BrN2O3S. The number of halogens is 1. The monoisotopic (exact) mass is 474 g/mol. The van der Waals surface area contributed by atoms with Crippen LogP contribution in [0.15, 0.2) is 53.0 Å². The molecule has 2 atom stereocenters. The second-order valence-electron chi connectivity index (χ2n) is 7.14. The maximum atomic E-state index is 13.2. The van der Waals surface area contributed by atoms with E-state index in [9.17, 15) is 9.59 Å². The number of benzene rings is 2. The Morgan fingerprint density at radius 2 is 1.83 bits per heavy atom. The van der Waals surface area contributed by atoms with Gasteiger partial charge in [-0.15, -0.1) is 11.8 Å². The predicted molar refractivity (Wildman–Crippen MR) is 119 cm³/mol. The van der Waals surface area contributed by atoms with E-state index in [-0.39, 0.29) is 23.6 Å². The number of hydrogen-bond donors (Lipinski definition) is 0. The van der Waals surface area contributed by atoms with E-state index < -0.39 is 6.04 Å². The molecule has 2 heterocycles. The largest absolute Gasteiger partial charge is 0.494 e. The number of ether oxygens (including phenoxy) is 1. The zero-order valence-corrected chi connectivity index (χ0v) is 18.6. The standard InChI is InChI=1S/C22H23BrN2O3S/c1-2-12-28-18-9-7-17(8-10-18)25-20(26)14-19(21(25)27)24-11-13-29-22(24)15-3-5-16(23)6-4-15/h3-10,19,22H,2,11-14H2,1H3/t19-,22-/m0/s1. The van der Waals surface area contributed by atoms with Crippen molar-refractivity contribution in [1.29, 1.82) is 0 Å². The number of nitrogens with zero attached hydrogens (tertiary/aromatic N) is 2. The Hall–Kier alpha value is -1.83. The predicted octanol–water partition coefficient (Wildman–Crippen LogP) is 4.62. The molecule has 0 bridgehead atoms. The van der Waals surface area contributed by atoms with Crippen LogP contribution in [0.3, 0.4) is 0 Å². The van der Waals surface area contributed by atoms with E-state index in [0.29, 0.717) is 12.3 Å². The van der Waals surface area contributed by atoms with Crippen molar-refractivity contribution < 1.29 is 14.3 Å². The molecule has 0 aromatic heterocycles. The number of amides is 2. The maximum Gasteiger partial charge on any atom is 0.251 e. The van der Waals surface area contributed by atoms with Gasteiger partial charge in [-0.05, 0) is 48.4 Å². The van der Waals surface area contributed by atoms with Crippen LogP contribution in [0, 0.1) is 0 Å². The molecule has 7 heteroatoms. The number of hydrogen-bond acceptors (Lipinski definition) is 5. The third kappa shape index (κ3) is 4.22. The van der Waals surface area contributed by atoms with Gasteiger partial charge < -0.3 is 4.74 Å². The first-order valence-electron chi connectivity index (χ1n) is 9.81. The summed E-state index contributed by atoms with van der Waals surface area (Å²) in [5.41, 5.74) is 1.77. The molecule has 2 amide bonds. The molecule has 2 aliphatic rings. The van der Waals surface area contributed by atoms with Gasteiger partial charge in [0.25, 0.3) is 5.91 Å². The molecule has 2 aromatic carbocycles. The van der Waals surface area contributed by atoms with Crippen LogP contribution in [0.1, 0.15) is 30.7 Å². The van der Waals surface area contributed by atoms with Crippen LogP contribution in [-0.2, 0) is 9.59 Å². The van der Waals surface area contributed by atoms with Gasteiger partial charge in [-0.1, -0.05) is 35.0 Å². The fourth-order valence-corrected chi connectivity index (χ4v) is 5.37. The lowest BCUT2D eigenvalue weighted by atomic mass is 10.1. The lowest BCUT2D eigenvalue weighted by Crippen LogP contribution is -2.41. The molecule has 5 nitrogen and oxygen atoms in total. The summed E-state index contributed by atoms with van der Waals surface area (Å²) < 4.78 is 6.63. The molecule has 2 aromatic rings. The van der Waals surface area contributed by atoms with E-state index in [1.807, 2.05) is 43.0 Å². The molecule has 29 heavy (non-hydrogen) atoms. The molecule has 0 saturated carbocycles. The minimum atomic E-state index is -0.415. The lowest BCUT2D eigenvalue weighted by molar-refractivity contribution is -0.123. The Bertz CT molecular complexity index is 888. The molecule has 2 fully saturated rings. The minimum absolute atomic E-state index is 0.0922. The van der Waals surface area contributed by atoms with Gasteiger partial charge in [0, 0.05) is 16.8 Å². The molecule has 152 valence electrons. The number of carbonyl (C=O) groups excluding carboxylic acids is 2. The van der Waals surface area contributed by atoms with Crippen molar-refractivity contribution in [2.75, 3.05) is 23.8 Å². The molecular weight excluding hydrogens is 452 g/mol. The van der Waals surface area contributed by atoms with Crippen molar-refractivity contribution in [1.82, 2.24) is 4.90 Å². The van der Waals surface area contributed by atoms with Crippen LogP contribution in [0.25, 0.3) is 0 Å². The van der Waals surface area contributed by atoms with Gasteiger partial charge in [0.05, 0.1) is 24.1 Å². The second kappa shape index (κ2) is 8.90. The van der Waals surface area contributed by atoms with Gasteiger partial charge in [-0.3, -0.25) is 14.5 Å². The van der Waals surface area contributed by atoms with Crippen LogP contribution in [-0.4, -0.2) is 41.7 Å². The van der Waals surface area contributed by atoms with Gasteiger partial charge in [-0.2, -0.15) is 0 Å². The number of imide groups is 1. The van der Waals surface area contributed by atoms with Gasteiger partial charge >= 0.3 is 0 Å². The average molecular weight is 475 g/mol. The fraction of sp³-hybridized carbons (Fsp3) is 0.364. The lowest BCUT2D eigenvalue weighted by Gasteiger charge is -2.28. The maximum absolute atomic E-state index is 13.2. The topological polar surface area (TPSA) is 49.9 Å². The third-order valence-electron chi connectivity index (χ3n) is 5.17. The molecule has 2 saturated heterocycles. The zero-order chi connectivity index (χ0) is 20.4. The molecule has 4 rings (SSSR count). The fourth-order valence-electron chi connectivity index (χ4n) is 3.77. The Balaban J connectivity index is 1.52. The van der Waals surface area contributed by atoms with Gasteiger partial charge in [0.15, 0.2) is 0 Å². The summed E-state index contributed by atoms with van der Waals surface area (Å²) in [6.45, 7) is 3.49. The van der Waals surface area contributed by atoms with Crippen LogP contribution < -0.4 is 9.64 Å². The van der Waals surface area contributed by atoms with Crippen LogP contribution in [0.4, 0.5) is 5.69 Å². The summed E-state index contributed by atoms with van der Waals surface area (Å²) in [7, 11) is 0. The summed E-state index contributed by atoms with van der Waals surface area (Å²) >= 11 is 5.29. The van der Waals surface area contributed by atoms with E-state index in [4.69, 9.17) is 4.74 Å². The SMILES string of the molecule is CCCOc1ccc(N2C(=O)C[C@H](N3CCS[C@H]3c3ccc(Br)cc3)C2=O)cc1. The van der Waals surface area contributed by atoms with E-state index in [1.54, 1.807) is 12.1 Å². The Kier molecular flexibility index (Phi) is 6.27. The summed E-state index contributed by atoms with van der Waals surface area (Å²) in [5.74, 6) is 1.41. The molecule has 0 aliphatic carbocycles. The first-order chi connectivity index (χ1) is 14.1. The smallest absolute Gasteiger partial charge is 0.251 e. The highest BCUT2D eigenvalue weighted by Crippen LogP contribution is 2.42. The number of thioether (sulfide) groups is 1. The van der Waals surface area contributed by atoms with Crippen LogP contribution >= 0.6 is 27.7 Å². The first-order valence-corrected chi connectivity index (χ1v) is 11.6. The third-order valence-corrected chi connectivity index (χ3v) is 6.98. The molecule has 0 N–H and O–H groups in total. The Labute approximate surface area is 183 Å². The van der Waals surface area contributed by atoms with Crippen molar-refractivity contribution >= 4 is 45.2 Å². The van der Waals surface area contributed by atoms with Crippen molar-refractivity contribution in [3.05, 3.63) is 58.6 Å². The minimum Gasteiger partial charge on any atom is -0.494 e. The van der Waals surface area contributed by atoms with Crippen molar-refractivity contribution in [2.45, 2.75) is 31.2 Å². The Morgan fingerprint density at radius 1 is 1.10 bits per heavy atom. The quantitative estimate of drug-likeness (QED) is 0.571. The first kappa shape index (κ1) is 20.4. The molecule has 0 unspecified atom stereocenters. The summed E-state index contributed by atoms with van der Waals surface area (Å²) in [5, 5.41) is 0.0922. The number of rotatable bonds is 6. The highest BCUT2D eigenvalue weighted by Gasteiger charge is 2.46. The van der Waals surface area contributed by atoms with Gasteiger partial charge in [-0.25, -0.2) is 4.90 Å². The summed E-state index contributed by atoms with van der Waals surface area (Å²) in [6, 6.07) is 15.0. The number of carbonyl (C=O) groups is 2. The molecule has 2 aliphatic heterocycles. The van der Waals surface area contributed by atoms with E-state index in [0.717, 1.165) is 34.5 Å². The van der Waals surface area contributed by atoms with Crippen molar-refractivity contribution in [3.63, 3.8) is 0 Å². The molecule has 0 radical (unpaired) electrons.